The Hall–Kier alpha value is -13.8. The molecule has 26 heteroatoms. The van der Waals surface area contributed by atoms with Crippen LogP contribution in [0.15, 0.2) is 115 Å². The highest BCUT2D eigenvalue weighted by Gasteiger charge is 2.47. The molecular formula is C109H120N18O8. The molecular weight excluding hydrogens is 1690 g/mol. The van der Waals surface area contributed by atoms with Gasteiger partial charge in [0.05, 0.1) is 116 Å². The Morgan fingerprint density at radius 3 is 0.756 bits per heavy atom. The summed E-state index contributed by atoms with van der Waals surface area (Å²) < 4.78 is 11.2. The summed E-state index contributed by atoms with van der Waals surface area (Å²) in [5.41, 5.74) is 17.1. The second-order valence-corrected chi connectivity index (χ2v) is 39.4. The number of aryl methyl sites for hydroxylation is 4. The van der Waals surface area contributed by atoms with Crippen LogP contribution in [0.3, 0.4) is 0 Å². The summed E-state index contributed by atoms with van der Waals surface area (Å²) in [7, 11) is 3.50. The first-order valence-corrected chi connectivity index (χ1v) is 47.7. The van der Waals surface area contributed by atoms with Crippen molar-refractivity contribution < 1.29 is 9.47 Å². The van der Waals surface area contributed by atoms with E-state index in [1.807, 2.05) is 57.2 Å². The molecule has 4 spiro atoms. The fourth-order valence-corrected chi connectivity index (χ4v) is 21.6. The van der Waals surface area contributed by atoms with Crippen LogP contribution in [0.25, 0.3) is 65.4 Å². The summed E-state index contributed by atoms with van der Waals surface area (Å²) in [6.45, 7) is 23.2. The maximum Gasteiger partial charge on any atom is 0.266 e. The summed E-state index contributed by atoms with van der Waals surface area (Å²) in [5, 5.41) is 5.92. The molecule has 135 heavy (non-hydrogen) atoms. The van der Waals surface area contributed by atoms with Crippen LogP contribution in [-0.4, -0.2) is 164 Å². The number of piperidine rings is 6. The summed E-state index contributed by atoms with van der Waals surface area (Å²) in [6.07, 6.45) is 75.3. The Morgan fingerprint density at radius 1 is 0.311 bits per heavy atom. The fourth-order valence-electron chi connectivity index (χ4n) is 21.6. The van der Waals surface area contributed by atoms with E-state index in [-0.39, 0.29) is 44.6 Å². The molecule has 22 rings (SSSR count). The van der Waals surface area contributed by atoms with Crippen molar-refractivity contribution in [3.8, 4) is 74.1 Å². The third-order valence-corrected chi connectivity index (χ3v) is 31.3. The molecule has 10 fully saturated rings. The van der Waals surface area contributed by atoms with Crippen molar-refractivity contribution in [1.29, 1.82) is 0 Å². The Bertz CT molecular complexity index is 7110. The number of methoxy groups -OCH3 is 2. The molecule has 26 nitrogen and oxygen atoms in total. The van der Waals surface area contributed by atoms with E-state index < -0.39 is 0 Å². The average molecular weight is 1810 g/mol. The quantitative estimate of drug-likeness (QED) is 0.0731. The van der Waals surface area contributed by atoms with E-state index in [9.17, 15) is 28.8 Å². The number of H-pyrrole nitrogens is 6. The zero-order valence-electron chi connectivity index (χ0n) is 78.9. The van der Waals surface area contributed by atoms with Crippen molar-refractivity contribution in [3.63, 3.8) is 0 Å². The van der Waals surface area contributed by atoms with Crippen LogP contribution < -0.4 is 62.8 Å². The van der Waals surface area contributed by atoms with E-state index >= 15 is 0 Å². The number of rotatable bonds is 9. The molecule has 694 valence electrons. The van der Waals surface area contributed by atoms with Crippen molar-refractivity contribution in [3.05, 3.63) is 204 Å². The van der Waals surface area contributed by atoms with Crippen LogP contribution in [0.4, 0.5) is 34.1 Å². The molecule has 6 saturated heterocycles. The van der Waals surface area contributed by atoms with Gasteiger partial charge in [0.2, 0.25) is 0 Å². The van der Waals surface area contributed by atoms with Crippen LogP contribution in [0.1, 0.15) is 218 Å². The number of aromatic amines is 6. The van der Waals surface area contributed by atoms with Crippen LogP contribution in [-0.2, 0) is 15.9 Å². The van der Waals surface area contributed by atoms with E-state index in [2.05, 4.69) is 146 Å². The molecule has 18 heterocycles. The minimum absolute atomic E-state index is 0.110. The molecule has 4 saturated carbocycles. The van der Waals surface area contributed by atoms with Gasteiger partial charge in [-0.3, -0.25) is 58.7 Å². The first-order valence-electron chi connectivity index (χ1n) is 47.7. The molecule has 0 radical (unpaired) electrons. The number of anilines is 6. The number of aromatic nitrogens is 12. The summed E-state index contributed by atoms with van der Waals surface area (Å²) in [6, 6.07) is 11.9. The van der Waals surface area contributed by atoms with E-state index in [0.29, 0.717) is 55.0 Å². The third kappa shape index (κ3) is 18.9. The molecule has 0 amide bonds. The molecule has 0 aromatic carbocycles. The molecule has 0 atom stereocenters. The van der Waals surface area contributed by atoms with Gasteiger partial charge in [0, 0.05) is 160 Å². The highest BCUT2D eigenvalue weighted by atomic mass is 16.5. The van der Waals surface area contributed by atoms with E-state index in [4.69, 9.17) is 48.0 Å². The first-order chi connectivity index (χ1) is 65.2. The van der Waals surface area contributed by atoms with Crippen molar-refractivity contribution in [1.82, 2.24) is 59.8 Å². The molecule has 12 aromatic heterocycles. The maximum atomic E-state index is 12.4. The zero-order chi connectivity index (χ0) is 94.9. The SMILES string of the molecule is C#Cc1c(N2CCC(C)(OC)CC2)c2cc(C)ncc2[nH]c1=O.C#Cc1c(N2CCC(C)(OC)CC2)c2cc(CC)ncc2[nH]c1=O.C#Cc1c(N2CCC3(CC2)CC3)c2cc(C)ncc2[nH]c1=O.C#Cc1c(N2CCC3(CC2)CC3)c2ccncc2[nH]c1=O.C#Cc1c(N2CCC3(CCC3)CC2)c2cc(C)ncc2[nH]c1=O.C#Cc1c(N2CCC3(CCC3)CC2)c2ccncc2[nH]c1=O. The predicted octanol–water partition coefficient (Wildman–Crippen LogP) is 15.2. The lowest BCUT2D eigenvalue weighted by Gasteiger charge is -2.48. The van der Waals surface area contributed by atoms with E-state index in [1.54, 1.807) is 63.8 Å². The van der Waals surface area contributed by atoms with E-state index in [0.717, 1.165) is 233 Å². The second kappa shape index (κ2) is 38.3. The van der Waals surface area contributed by atoms with Crippen LogP contribution in [0, 0.1) is 116 Å². The Balaban J connectivity index is 0.000000113. The lowest BCUT2D eigenvalue weighted by molar-refractivity contribution is -0.0134. The van der Waals surface area contributed by atoms with Gasteiger partial charge in [0.25, 0.3) is 33.4 Å². The second-order valence-electron chi connectivity index (χ2n) is 39.4. The number of nitrogens with one attached hydrogen (secondary N) is 6. The Labute approximate surface area is 786 Å². The smallest absolute Gasteiger partial charge is 0.266 e. The predicted molar refractivity (Wildman–Crippen MR) is 541 cm³/mol. The van der Waals surface area contributed by atoms with Gasteiger partial charge in [-0.25, -0.2) is 0 Å². The lowest BCUT2D eigenvalue weighted by Crippen LogP contribution is -2.44. The van der Waals surface area contributed by atoms with E-state index in [1.165, 1.54) is 116 Å². The molecule has 0 bridgehead atoms. The number of ether oxygens (including phenoxy) is 2. The molecule has 12 aromatic rings. The summed E-state index contributed by atoms with van der Waals surface area (Å²) in [4.78, 5) is 130. The molecule has 4 aliphatic carbocycles. The minimum atomic E-state index is -0.235. The fraction of sp³-hybridized carbons (Fsp3) is 0.450. The van der Waals surface area contributed by atoms with Crippen LogP contribution in [0.5, 0.6) is 0 Å². The molecule has 0 unspecified atom stereocenters. The van der Waals surface area contributed by atoms with Crippen molar-refractivity contribution in [2.45, 2.75) is 200 Å². The normalized spacial score (nSPS) is 18.7. The van der Waals surface area contributed by atoms with Gasteiger partial charge in [-0.1, -0.05) is 55.3 Å². The van der Waals surface area contributed by atoms with Gasteiger partial charge in [-0.05, 0) is 228 Å². The third-order valence-electron chi connectivity index (χ3n) is 31.3. The standard InChI is InChI=1S/C19H23N3O2.C19H21N3O.C18H21N3O2.2C18H19N3O.C17H17N3O/c1-5-13-11-15-16(12-20-13)21-18(23)14(6-2)17(15)22-9-7-19(3,24-4)8-10-22;1-3-14-17(22-9-7-19(8-10-22)5-4-6-19)15-11-13(2)20-12-16(15)21-18(14)23;1-5-13-16(21-8-6-18(3,23-4)7-9-21)14-10-12(2)19-11-15(14)20-17(13)22;1-3-13-16(21-8-6-18(4-5-18)7-9-21)14-10-12(2)19-11-15(14)20-17(13)22;1-2-13-16(14-4-9-19-12-15(14)20-17(13)22)21-10-7-18(8-11-21)5-3-6-18;1-2-12-15(20-9-6-17(4-5-17)7-10-20)13-3-8-18-11-14(13)19-16(12)21/h2,11-12H,5,7-10H2,1,3-4H3,(H,21,23);1,11-12H,4-10H2,2H3,(H,21,23);1,10-11H,6-9H2,2-4H3,(H,20,22);1,10-11H,4-9H2,2H3,(H,20,22);1,4,9,12H,3,5-8,10-11H2,(H,20,22);1,3,8,11H,4-7,9-10H2,(H,19,21). The number of nitrogens with zero attached hydrogens (tertiary/aromatic N) is 12. The maximum absolute atomic E-state index is 12.4. The monoisotopic (exact) mass is 1810 g/mol. The lowest BCUT2D eigenvalue weighted by atomic mass is 9.63. The van der Waals surface area contributed by atoms with Crippen molar-refractivity contribution in [2.24, 2.45) is 21.7 Å². The Morgan fingerprint density at radius 2 is 0.533 bits per heavy atom. The molecule has 10 aliphatic rings. The average Bonchev–Trinajstić information content (AvgIpc) is 1.26. The van der Waals surface area contributed by atoms with Crippen LogP contribution in [0.2, 0.25) is 0 Å². The number of hydrogen-bond donors (Lipinski definition) is 6. The van der Waals surface area contributed by atoms with Crippen molar-refractivity contribution >= 4 is 99.5 Å². The summed E-state index contributed by atoms with van der Waals surface area (Å²) >= 11 is 0. The largest absolute Gasteiger partial charge is 0.378 e. The molecule has 6 aliphatic heterocycles. The highest BCUT2D eigenvalue weighted by molar-refractivity contribution is 5.99. The van der Waals surface area contributed by atoms with Gasteiger partial charge in [0.1, 0.15) is 33.4 Å². The number of hydrogen-bond acceptors (Lipinski definition) is 20. The van der Waals surface area contributed by atoms with Crippen LogP contribution >= 0.6 is 0 Å². The van der Waals surface area contributed by atoms with Crippen molar-refractivity contribution in [2.75, 3.05) is 122 Å². The number of fused-ring (bicyclic) bond motifs is 6. The van der Waals surface area contributed by atoms with Gasteiger partial charge in [-0.2, -0.15) is 0 Å². The Kier molecular flexibility index (Phi) is 26.4. The minimum Gasteiger partial charge on any atom is -0.378 e. The topological polar surface area (TPSA) is 312 Å². The van der Waals surface area contributed by atoms with Gasteiger partial charge >= 0.3 is 0 Å². The van der Waals surface area contributed by atoms with Gasteiger partial charge < -0.3 is 68.8 Å². The number of terminal acetylenes is 6. The molecule has 6 N–H and O–H groups in total. The van der Waals surface area contributed by atoms with Gasteiger partial charge in [0.15, 0.2) is 0 Å². The zero-order valence-corrected chi connectivity index (χ0v) is 78.9. The van der Waals surface area contributed by atoms with Gasteiger partial charge in [-0.15, -0.1) is 38.5 Å². The highest BCUT2D eigenvalue weighted by Crippen LogP contribution is 2.56. The number of pyridine rings is 12. The first kappa shape index (κ1) is 93.1. The summed E-state index contributed by atoms with van der Waals surface area (Å²) in [5.74, 6) is 15.6.